The zero-order valence-corrected chi connectivity index (χ0v) is 14.7. The van der Waals surface area contributed by atoms with Crippen molar-refractivity contribution in [2.75, 3.05) is 11.6 Å². The van der Waals surface area contributed by atoms with E-state index in [9.17, 15) is 9.59 Å². The number of anilines is 1. The number of hydrazone groups is 1. The average Bonchev–Trinajstić information content (AvgIpc) is 2.91. The molecule has 0 saturated carbocycles. The van der Waals surface area contributed by atoms with Crippen LogP contribution in [0.3, 0.4) is 0 Å². The first-order valence-corrected chi connectivity index (χ1v) is 7.96. The first kappa shape index (κ1) is 16.2. The summed E-state index contributed by atoms with van der Waals surface area (Å²) in [6, 6.07) is -0.109. The van der Waals surface area contributed by atoms with E-state index in [4.69, 9.17) is 0 Å². The third-order valence-corrected chi connectivity index (χ3v) is 4.39. The summed E-state index contributed by atoms with van der Waals surface area (Å²) >= 11 is 0. The van der Waals surface area contributed by atoms with Gasteiger partial charge in [-0.3, -0.25) is 18.5 Å². The summed E-state index contributed by atoms with van der Waals surface area (Å²) in [7, 11) is 1.64. The summed E-state index contributed by atoms with van der Waals surface area (Å²) in [6.07, 6.45) is 0. The van der Waals surface area contributed by atoms with Gasteiger partial charge in [0.2, 0.25) is 5.95 Å². The van der Waals surface area contributed by atoms with E-state index in [0.29, 0.717) is 30.2 Å². The van der Waals surface area contributed by atoms with E-state index in [0.717, 1.165) is 11.3 Å². The highest BCUT2D eigenvalue weighted by atomic mass is 16.2. The van der Waals surface area contributed by atoms with Crippen LogP contribution < -0.4 is 16.3 Å². The van der Waals surface area contributed by atoms with Crippen LogP contribution in [-0.4, -0.2) is 30.9 Å². The molecule has 1 aliphatic heterocycles. The minimum atomic E-state index is -0.359. The molecule has 0 aliphatic carbocycles. The molecule has 0 N–H and O–H groups in total. The third-order valence-electron chi connectivity index (χ3n) is 4.39. The Kier molecular flexibility index (Phi) is 3.70. The van der Waals surface area contributed by atoms with Gasteiger partial charge in [-0.25, -0.2) is 9.80 Å². The molecular weight excluding hydrogens is 308 g/mol. The van der Waals surface area contributed by atoms with E-state index in [1.165, 1.54) is 9.13 Å². The Morgan fingerprint density at radius 1 is 1.33 bits per heavy atom. The predicted molar refractivity (Wildman–Crippen MR) is 94.9 cm³/mol. The first-order chi connectivity index (χ1) is 11.3. The topological polar surface area (TPSA) is 77.4 Å². The molecule has 0 unspecified atom stereocenters. The molecular formula is C16H22N6O2. The molecule has 3 rings (SSSR count). The van der Waals surface area contributed by atoms with Gasteiger partial charge in [-0.2, -0.15) is 10.1 Å². The summed E-state index contributed by atoms with van der Waals surface area (Å²) in [5, 5.41) is 6.31. The normalized spacial score (nSPS) is 17.1. The lowest BCUT2D eigenvalue weighted by molar-refractivity contribution is 0.622. The van der Waals surface area contributed by atoms with Crippen molar-refractivity contribution in [1.82, 2.24) is 18.7 Å². The maximum absolute atomic E-state index is 12.9. The fraction of sp³-hybridized carbons (Fsp3) is 0.500. The third kappa shape index (κ3) is 2.13. The maximum atomic E-state index is 12.9. The molecule has 128 valence electrons. The van der Waals surface area contributed by atoms with Crippen molar-refractivity contribution in [3.8, 4) is 0 Å². The molecule has 2 aromatic heterocycles. The summed E-state index contributed by atoms with van der Waals surface area (Å²) in [5.41, 5.74) is 1.95. The lowest BCUT2D eigenvalue weighted by atomic mass is 10.2. The zero-order chi connectivity index (χ0) is 17.8. The van der Waals surface area contributed by atoms with E-state index < -0.39 is 0 Å². The Morgan fingerprint density at radius 2 is 2.00 bits per heavy atom. The maximum Gasteiger partial charge on any atom is 0.332 e. The van der Waals surface area contributed by atoms with Gasteiger partial charge in [0.15, 0.2) is 11.2 Å². The minimum Gasteiger partial charge on any atom is -0.294 e. The molecule has 0 spiro atoms. The van der Waals surface area contributed by atoms with Gasteiger partial charge in [-0.15, -0.1) is 0 Å². The van der Waals surface area contributed by atoms with Gasteiger partial charge in [0.05, 0.1) is 18.3 Å². The molecule has 3 heterocycles. The van der Waals surface area contributed by atoms with E-state index in [-0.39, 0.29) is 17.3 Å². The molecule has 0 radical (unpaired) electrons. The molecule has 2 aromatic rings. The second-order valence-corrected chi connectivity index (χ2v) is 6.28. The molecule has 0 aromatic carbocycles. The summed E-state index contributed by atoms with van der Waals surface area (Å²) < 4.78 is 4.52. The Hall–Kier alpha value is -2.64. The largest absolute Gasteiger partial charge is 0.332 e. The first-order valence-electron chi connectivity index (χ1n) is 7.96. The monoisotopic (exact) mass is 330 g/mol. The minimum absolute atomic E-state index is 0.109. The highest BCUT2D eigenvalue weighted by Crippen LogP contribution is 2.29. The summed E-state index contributed by atoms with van der Waals surface area (Å²) in [4.78, 5) is 29.8. The molecule has 0 amide bonds. The van der Waals surface area contributed by atoms with Gasteiger partial charge in [-0.1, -0.05) is 12.2 Å². The predicted octanol–water partition coefficient (Wildman–Crippen LogP) is 1.25. The molecule has 1 atom stereocenters. The number of fused-ring (bicyclic) bond motifs is 3. The number of aromatic nitrogens is 4. The van der Waals surface area contributed by atoms with Crippen LogP contribution in [0.25, 0.3) is 11.2 Å². The highest BCUT2D eigenvalue weighted by Gasteiger charge is 2.30. The van der Waals surface area contributed by atoms with Crippen molar-refractivity contribution in [2.24, 2.45) is 12.1 Å². The van der Waals surface area contributed by atoms with Crippen LogP contribution in [-0.2, 0) is 13.6 Å². The van der Waals surface area contributed by atoms with E-state index >= 15 is 0 Å². The fourth-order valence-corrected chi connectivity index (χ4v) is 3.02. The smallest absolute Gasteiger partial charge is 0.294 e. The Balaban J connectivity index is 2.43. The molecule has 0 bridgehead atoms. The van der Waals surface area contributed by atoms with Gasteiger partial charge in [-0.05, 0) is 27.7 Å². The SMILES string of the molecule is C=C(C)CN1N=C(C)[C@H](C)n2c1nc1c2c(=O)n(CC)c(=O)n1C. The molecule has 8 heteroatoms. The second kappa shape index (κ2) is 5.47. The van der Waals surface area contributed by atoms with Crippen LogP contribution in [0.15, 0.2) is 26.8 Å². The Labute approximate surface area is 139 Å². The second-order valence-electron chi connectivity index (χ2n) is 6.28. The molecule has 0 fully saturated rings. The van der Waals surface area contributed by atoms with E-state index in [2.05, 4.69) is 16.7 Å². The van der Waals surface area contributed by atoms with Crippen LogP contribution in [0.2, 0.25) is 0 Å². The average molecular weight is 330 g/mol. The van der Waals surface area contributed by atoms with Crippen molar-refractivity contribution >= 4 is 22.8 Å². The van der Waals surface area contributed by atoms with Crippen LogP contribution in [0.4, 0.5) is 5.95 Å². The molecule has 24 heavy (non-hydrogen) atoms. The van der Waals surface area contributed by atoms with Crippen LogP contribution >= 0.6 is 0 Å². The molecule has 8 nitrogen and oxygen atoms in total. The van der Waals surface area contributed by atoms with Crippen LogP contribution in [0.1, 0.15) is 33.7 Å². The van der Waals surface area contributed by atoms with Gasteiger partial charge in [0.1, 0.15) is 0 Å². The Bertz CT molecular complexity index is 991. The van der Waals surface area contributed by atoms with Crippen LogP contribution in [0.5, 0.6) is 0 Å². The number of rotatable bonds is 3. The lowest BCUT2D eigenvalue weighted by Crippen LogP contribution is -2.40. The summed E-state index contributed by atoms with van der Waals surface area (Å²) in [6.45, 7) is 12.3. The molecule has 1 aliphatic rings. The van der Waals surface area contributed by atoms with E-state index in [1.807, 2.05) is 25.3 Å². The van der Waals surface area contributed by atoms with Gasteiger partial charge < -0.3 is 0 Å². The van der Waals surface area contributed by atoms with Crippen molar-refractivity contribution < 1.29 is 0 Å². The van der Waals surface area contributed by atoms with Gasteiger partial charge >= 0.3 is 5.69 Å². The fourth-order valence-electron chi connectivity index (χ4n) is 3.02. The van der Waals surface area contributed by atoms with Crippen LogP contribution in [0, 0.1) is 0 Å². The number of aryl methyl sites for hydroxylation is 1. The standard InChI is InChI=1S/C16H22N6O2/c1-7-20-14(23)12-13(19(6)16(20)24)17-15-21(8-9(2)3)18-10(4)11(5)22(12)15/h11H,2,7-8H2,1,3-6H3/t11-/m0/s1. The van der Waals surface area contributed by atoms with Gasteiger partial charge in [0.25, 0.3) is 5.56 Å². The Morgan fingerprint density at radius 3 is 2.58 bits per heavy atom. The van der Waals surface area contributed by atoms with Gasteiger partial charge in [0, 0.05) is 13.6 Å². The number of hydrogen-bond donors (Lipinski definition) is 0. The number of imidazole rings is 1. The number of hydrogen-bond acceptors (Lipinski definition) is 5. The molecule has 0 saturated heterocycles. The summed E-state index contributed by atoms with van der Waals surface area (Å²) in [5.74, 6) is 0.562. The number of nitrogens with zero attached hydrogens (tertiary/aromatic N) is 6. The zero-order valence-electron chi connectivity index (χ0n) is 14.7. The van der Waals surface area contributed by atoms with E-state index in [1.54, 1.807) is 19.0 Å². The quantitative estimate of drug-likeness (QED) is 0.794. The van der Waals surface area contributed by atoms with Crippen molar-refractivity contribution in [3.63, 3.8) is 0 Å². The van der Waals surface area contributed by atoms with Crippen molar-refractivity contribution in [2.45, 2.75) is 40.3 Å². The van der Waals surface area contributed by atoms with Crippen molar-refractivity contribution in [1.29, 1.82) is 0 Å². The van der Waals surface area contributed by atoms with Crippen molar-refractivity contribution in [3.05, 3.63) is 33.0 Å². The lowest BCUT2D eigenvalue weighted by Gasteiger charge is -2.29. The highest BCUT2D eigenvalue weighted by molar-refractivity contribution is 5.91.